The van der Waals surface area contributed by atoms with Gasteiger partial charge in [-0.2, -0.15) is 0 Å². The van der Waals surface area contributed by atoms with Crippen LogP contribution >= 0.6 is 0 Å². The Bertz CT molecular complexity index is 741. The van der Waals surface area contributed by atoms with E-state index in [4.69, 9.17) is 0 Å². The second-order valence-corrected chi connectivity index (χ2v) is 6.69. The highest BCUT2D eigenvalue weighted by molar-refractivity contribution is 6.00. The quantitative estimate of drug-likeness (QED) is 0.912. The van der Waals surface area contributed by atoms with Crippen LogP contribution in [0.3, 0.4) is 0 Å². The number of amides is 2. The van der Waals surface area contributed by atoms with Gasteiger partial charge >= 0.3 is 0 Å². The molecule has 1 saturated heterocycles. The van der Waals surface area contributed by atoms with Crippen molar-refractivity contribution < 1.29 is 9.59 Å². The number of anilines is 1. The van der Waals surface area contributed by atoms with Gasteiger partial charge < -0.3 is 10.2 Å². The third-order valence-electron chi connectivity index (χ3n) is 4.54. The summed E-state index contributed by atoms with van der Waals surface area (Å²) in [4.78, 5) is 30.6. The Labute approximate surface area is 148 Å². The van der Waals surface area contributed by atoms with Gasteiger partial charge in [-0.1, -0.05) is 32.0 Å². The van der Waals surface area contributed by atoms with Gasteiger partial charge in [0, 0.05) is 24.8 Å². The monoisotopic (exact) mass is 337 g/mol. The highest BCUT2D eigenvalue weighted by Crippen LogP contribution is 2.27. The van der Waals surface area contributed by atoms with Gasteiger partial charge in [0.05, 0.1) is 18.2 Å². The summed E-state index contributed by atoms with van der Waals surface area (Å²) in [6.07, 6.45) is 1.95. The van der Waals surface area contributed by atoms with Gasteiger partial charge in [-0.05, 0) is 35.7 Å². The molecule has 0 bridgehead atoms. The van der Waals surface area contributed by atoms with E-state index in [1.54, 1.807) is 11.1 Å². The van der Waals surface area contributed by atoms with Gasteiger partial charge in [0.25, 0.3) is 0 Å². The van der Waals surface area contributed by atoms with E-state index in [2.05, 4.69) is 24.1 Å². The Morgan fingerprint density at radius 3 is 2.64 bits per heavy atom. The minimum absolute atomic E-state index is 0.00437. The van der Waals surface area contributed by atoms with Crippen LogP contribution in [0.25, 0.3) is 0 Å². The molecule has 0 saturated carbocycles. The number of nitrogens with one attached hydrogen (secondary N) is 1. The molecule has 1 fully saturated rings. The number of rotatable bonds is 5. The molecule has 0 aliphatic carbocycles. The second kappa shape index (κ2) is 7.47. The molecule has 2 aromatic rings. The lowest BCUT2D eigenvalue weighted by Crippen LogP contribution is -2.32. The van der Waals surface area contributed by atoms with Crippen LogP contribution < -0.4 is 10.2 Å². The maximum Gasteiger partial charge on any atom is 0.227 e. The van der Waals surface area contributed by atoms with Crippen LogP contribution in [0.15, 0.2) is 48.7 Å². The molecule has 1 aliphatic rings. The lowest BCUT2D eigenvalue weighted by molar-refractivity contribution is -0.126. The fraction of sp³-hybridized carbons (Fsp3) is 0.350. The van der Waals surface area contributed by atoms with Crippen LogP contribution in [-0.4, -0.2) is 23.3 Å². The minimum Gasteiger partial charge on any atom is -0.350 e. The molecule has 0 spiro atoms. The summed E-state index contributed by atoms with van der Waals surface area (Å²) in [6.45, 7) is 5.08. The van der Waals surface area contributed by atoms with Crippen LogP contribution in [0.2, 0.25) is 0 Å². The molecule has 3 rings (SSSR count). The first-order valence-corrected chi connectivity index (χ1v) is 8.62. The molecule has 130 valence electrons. The third kappa shape index (κ3) is 4.05. The number of carbonyl (C=O) groups is 2. The van der Waals surface area contributed by atoms with E-state index in [1.165, 1.54) is 5.56 Å². The Kier molecular flexibility index (Phi) is 5.12. The highest BCUT2D eigenvalue weighted by atomic mass is 16.2. The van der Waals surface area contributed by atoms with Gasteiger partial charge in [-0.25, -0.2) is 0 Å². The summed E-state index contributed by atoms with van der Waals surface area (Å²) in [7, 11) is 0. The smallest absolute Gasteiger partial charge is 0.227 e. The molecule has 2 heterocycles. The molecule has 5 heteroatoms. The second-order valence-electron chi connectivity index (χ2n) is 6.69. The molecule has 1 N–H and O–H groups in total. The SMILES string of the molecule is CC(C)c1ccc(N2C[C@@H](C(=O)NCc3ccccn3)CC2=O)cc1. The number of carbonyl (C=O) groups excluding carboxylic acids is 2. The van der Waals surface area contributed by atoms with Crippen molar-refractivity contribution in [2.75, 3.05) is 11.4 Å². The predicted octanol–water partition coefficient (Wildman–Crippen LogP) is 2.87. The van der Waals surface area contributed by atoms with Crippen LogP contribution in [0.5, 0.6) is 0 Å². The molecule has 0 radical (unpaired) electrons. The Morgan fingerprint density at radius 2 is 2.00 bits per heavy atom. The van der Waals surface area contributed by atoms with Crippen molar-refractivity contribution in [3.05, 3.63) is 59.9 Å². The van der Waals surface area contributed by atoms with Crippen LogP contribution in [0.4, 0.5) is 5.69 Å². The van der Waals surface area contributed by atoms with E-state index in [0.29, 0.717) is 19.0 Å². The van der Waals surface area contributed by atoms with Crippen molar-refractivity contribution in [1.82, 2.24) is 10.3 Å². The molecule has 5 nitrogen and oxygen atoms in total. The summed E-state index contributed by atoms with van der Waals surface area (Å²) in [5.74, 6) is 0.0324. The lowest BCUT2D eigenvalue weighted by atomic mass is 10.0. The predicted molar refractivity (Wildman–Crippen MR) is 97.1 cm³/mol. The molecule has 1 aromatic heterocycles. The standard InChI is InChI=1S/C20H23N3O2/c1-14(2)15-6-8-18(9-7-15)23-13-16(11-19(23)24)20(25)22-12-17-5-3-4-10-21-17/h3-10,14,16H,11-13H2,1-2H3,(H,22,25)/t16-/m0/s1. The Hall–Kier alpha value is -2.69. The van der Waals surface area contributed by atoms with Gasteiger partial charge in [0.1, 0.15) is 0 Å². The van der Waals surface area contributed by atoms with Crippen molar-refractivity contribution >= 4 is 17.5 Å². The largest absolute Gasteiger partial charge is 0.350 e. The molecule has 1 aliphatic heterocycles. The van der Waals surface area contributed by atoms with Crippen molar-refractivity contribution in [2.45, 2.75) is 32.7 Å². The Morgan fingerprint density at radius 1 is 1.24 bits per heavy atom. The average molecular weight is 337 g/mol. The summed E-state index contributed by atoms with van der Waals surface area (Å²) in [5, 5.41) is 2.88. The normalized spacial score (nSPS) is 17.2. The van der Waals surface area contributed by atoms with Crippen molar-refractivity contribution in [2.24, 2.45) is 5.92 Å². The van der Waals surface area contributed by atoms with Gasteiger partial charge in [-0.15, -0.1) is 0 Å². The van der Waals surface area contributed by atoms with Crippen LogP contribution in [0, 0.1) is 5.92 Å². The topological polar surface area (TPSA) is 62.3 Å². The fourth-order valence-corrected chi connectivity index (χ4v) is 3.00. The first-order chi connectivity index (χ1) is 12.0. The Balaban J connectivity index is 1.60. The minimum atomic E-state index is -0.319. The summed E-state index contributed by atoms with van der Waals surface area (Å²) >= 11 is 0. The van der Waals surface area contributed by atoms with Crippen molar-refractivity contribution in [1.29, 1.82) is 0 Å². The van der Waals surface area contributed by atoms with E-state index in [0.717, 1.165) is 11.4 Å². The maximum absolute atomic E-state index is 12.4. The lowest BCUT2D eigenvalue weighted by Gasteiger charge is -2.17. The van der Waals surface area contributed by atoms with Gasteiger partial charge in [0.2, 0.25) is 11.8 Å². The average Bonchev–Trinajstić information content (AvgIpc) is 3.02. The highest BCUT2D eigenvalue weighted by Gasteiger charge is 2.35. The van der Waals surface area contributed by atoms with E-state index in [1.807, 2.05) is 42.5 Å². The summed E-state index contributed by atoms with van der Waals surface area (Å²) in [5.41, 5.74) is 2.90. The van der Waals surface area contributed by atoms with E-state index < -0.39 is 0 Å². The first kappa shape index (κ1) is 17.1. The van der Waals surface area contributed by atoms with E-state index >= 15 is 0 Å². The summed E-state index contributed by atoms with van der Waals surface area (Å²) in [6, 6.07) is 13.6. The zero-order valence-electron chi connectivity index (χ0n) is 14.6. The summed E-state index contributed by atoms with van der Waals surface area (Å²) < 4.78 is 0. The number of aromatic nitrogens is 1. The number of hydrogen-bond donors (Lipinski definition) is 1. The van der Waals surface area contributed by atoms with Gasteiger partial charge in [0.15, 0.2) is 0 Å². The van der Waals surface area contributed by atoms with Crippen LogP contribution in [-0.2, 0) is 16.1 Å². The van der Waals surface area contributed by atoms with Crippen molar-refractivity contribution in [3.8, 4) is 0 Å². The number of benzene rings is 1. The molecule has 1 aromatic carbocycles. The fourth-order valence-electron chi connectivity index (χ4n) is 3.00. The first-order valence-electron chi connectivity index (χ1n) is 8.62. The van der Waals surface area contributed by atoms with E-state index in [-0.39, 0.29) is 24.2 Å². The molecule has 1 atom stereocenters. The van der Waals surface area contributed by atoms with Crippen LogP contribution in [0.1, 0.15) is 37.4 Å². The molecular weight excluding hydrogens is 314 g/mol. The van der Waals surface area contributed by atoms with Crippen molar-refractivity contribution in [3.63, 3.8) is 0 Å². The molecule has 0 unspecified atom stereocenters. The third-order valence-corrected chi connectivity index (χ3v) is 4.54. The number of nitrogens with zero attached hydrogens (tertiary/aromatic N) is 2. The maximum atomic E-state index is 12.4. The molecule has 2 amide bonds. The van der Waals surface area contributed by atoms with E-state index in [9.17, 15) is 9.59 Å². The number of pyridine rings is 1. The zero-order chi connectivity index (χ0) is 17.8. The van der Waals surface area contributed by atoms with Gasteiger partial charge in [-0.3, -0.25) is 14.6 Å². The zero-order valence-corrected chi connectivity index (χ0v) is 14.6. The molecule has 25 heavy (non-hydrogen) atoms. The molecular formula is C20H23N3O2. The number of hydrogen-bond acceptors (Lipinski definition) is 3.